The summed E-state index contributed by atoms with van der Waals surface area (Å²) in [6.07, 6.45) is 6.94. The van der Waals surface area contributed by atoms with Gasteiger partial charge >= 0.3 is 5.97 Å². The van der Waals surface area contributed by atoms with Gasteiger partial charge in [-0.25, -0.2) is 0 Å². The molecular formula is C15H25NO4. The molecule has 5 heteroatoms. The van der Waals surface area contributed by atoms with Gasteiger partial charge in [-0.15, -0.1) is 0 Å². The molecule has 1 amide bonds. The Morgan fingerprint density at radius 2 is 2.10 bits per heavy atom. The first-order chi connectivity index (χ1) is 9.52. The highest BCUT2D eigenvalue weighted by Gasteiger charge is 2.45. The summed E-state index contributed by atoms with van der Waals surface area (Å²) in [7, 11) is 0. The Labute approximate surface area is 120 Å². The van der Waals surface area contributed by atoms with Crippen molar-refractivity contribution in [3.05, 3.63) is 0 Å². The van der Waals surface area contributed by atoms with Crippen molar-refractivity contribution in [1.29, 1.82) is 0 Å². The predicted octanol–water partition coefficient (Wildman–Crippen LogP) is 2.10. The van der Waals surface area contributed by atoms with Crippen LogP contribution in [-0.4, -0.2) is 35.7 Å². The maximum atomic E-state index is 12.0. The van der Waals surface area contributed by atoms with Gasteiger partial charge in [-0.05, 0) is 45.4 Å². The number of nitrogens with one attached hydrogen (secondary N) is 1. The van der Waals surface area contributed by atoms with E-state index in [0.717, 1.165) is 38.7 Å². The van der Waals surface area contributed by atoms with Gasteiger partial charge < -0.3 is 15.2 Å². The van der Waals surface area contributed by atoms with Gasteiger partial charge in [-0.3, -0.25) is 9.59 Å². The smallest absolute Gasteiger partial charge is 0.311 e. The fourth-order valence-corrected chi connectivity index (χ4v) is 3.25. The summed E-state index contributed by atoms with van der Waals surface area (Å²) in [4.78, 5) is 23.3. The Kier molecular flexibility index (Phi) is 5.02. The SMILES string of the molecule is CC1(C(=O)O)CCCC1NC(=O)CCC1CCCCO1. The number of carbonyl (C=O) groups excluding carboxylic acids is 1. The zero-order valence-electron chi connectivity index (χ0n) is 12.2. The first-order valence-electron chi connectivity index (χ1n) is 7.67. The fourth-order valence-electron chi connectivity index (χ4n) is 3.25. The molecule has 1 aliphatic carbocycles. The summed E-state index contributed by atoms with van der Waals surface area (Å²) >= 11 is 0. The minimum Gasteiger partial charge on any atom is -0.481 e. The molecule has 0 aromatic rings. The van der Waals surface area contributed by atoms with Crippen LogP contribution >= 0.6 is 0 Å². The third-order valence-corrected chi connectivity index (χ3v) is 4.75. The molecule has 2 rings (SSSR count). The number of aliphatic carboxylic acids is 1. The molecular weight excluding hydrogens is 258 g/mol. The molecule has 20 heavy (non-hydrogen) atoms. The number of hydrogen-bond acceptors (Lipinski definition) is 3. The van der Waals surface area contributed by atoms with Gasteiger partial charge in [0.25, 0.3) is 0 Å². The molecule has 2 fully saturated rings. The minimum absolute atomic E-state index is 0.0430. The molecule has 5 nitrogen and oxygen atoms in total. The highest BCUT2D eigenvalue weighted by Crippen LogP contribution is 2.38. The van der Waals surface area contributed by atoms with E-state index in [1.165, 1.54) is 6.42 Å². The normalized spacial score (nSPS) is 33.9. The molecule has 0 aromatic heterocycles. The Hall–Kier alpha value is -1.10. The number of amides is 1. The van der Waals surface area contributed by atoms with E-state index < -0.39 is 11.4 Å². The van der Waals surface area contributed by atoms with Crippen LogP contribution in [0.25, 0.3) is 0 Å². The number of rotatable bonds is 5. The molecule has 1 saturated carbocycles. The van der Waals surface area contributed by atoms with Crippen molar-refractivity contribution in [3.63, 3.8) is 0 Å². The van der Waals surface area contributed by atoms with Crippen molar-refractivity contribution in [2.45, 2.75) is 70.4 Å². The minimum atomic E-state index is -0.809. The molecule has 1 aliphatic heterocycles. The van der Waals surface area contributed by atoms with Crippen LogP contribution in [0.4, 0.5) is 0 Å². The average molecular weight is 283 g/mol. The van der Waals surface area contributed by atoms with Gasteiger partial charge in [0.1, 0.15) is 0 Å². The number of carboxylic acids is 1. The van der Waals surface area contributed by atoms with Crippen LogP contribution < -0.4 is 5.32 Å². The Morgan fingerprint density at radius 3 is 2.75 bits per heavy atom. The second-order valence-corrected chi connectivity index (χ2v) is 6.26. The van der Waals surface area contributed by atoms with Gasteiger partial charge in [0, 0.05) is 19.1 Å². The van der Waals surface area contributed by atoms with Crippen LogP contribution in [0.1, 0.15) is 58.3 Å². The van der Waals surface area contributed by atoms with Crippen LogP contribution in [0.3, 0.4) is 0 Å². The number of carboxylic acid groups (broad SMARTS) is 1. The lowest BCUT2D eigenvalue weighted by Crippen LogP contribution is -2.47. The topological polar surface area (TPSA) is 75.6 Å². The molecule has 2 aliphatic rings. The van der Waals surface area contributed by atoms with Crippen LogP contribution in [-0.2, 0) is 14.3 Å². The molecule has 0 bridgehead atoms. The molecule has 2 N–H and O–H groups in total. The lowest BCUT2D eigenvalue weighted by Gasteiger charge is -2.28. The second kappa shape index (κ2) is 6.57. The monoisotopic (exact) mass is 283 g/mol. The average Bonchev–Trinajstić information content (AvgIpc) is 2.80. The molecule has 114 valence electrons. The van der Waals surface area contributed by atoms with Gasteiger partial charge in [0.15, 0.2) is 0 Å². The standard InChI is InChI=1S/C15H25NO4/c1-15(14(18)19)9-4-6-12(15)16-13(17)8-7-11-5-2-3-10-20-11/h11-12H,2-10H2,1H3,(H,16,17)(H,18,19). The van der Waals surface area contributed by atoms with Crippen molar-refractivity contribution in [3.8, 4) is 0 Å². The molecule has 0 spiro atoms. The molecule has 0 aromatic carbocycles. The second-order valence-electron chi connectivity index (χ2n) is 6.26. The van der Waals surface area contributed by atoms with E-state index in [0.29, 0.717) is 12.8 Å². The summed E-state index contributed by atoms with van der Waals surface area (Å²) in [5, 5.41) is 12.2. The van der Waals surface area contributed by atoms with Crippen LogP contribution in [0.2, 0.25) is 0 Å². The zero-order valence-corrected chi connectivity index (χ0v) is 12.2. The third-order valence-electron chi connectivity index (χ3n) is 4.75. The molecule has 3 atom stereocenters. The van der Waals surface area contributed by atoms with E-state index in [1.807, 2.05) is 0 Å². The van der Waals surface area contributed by atoms with E-state index in [2.05, 4.69) is 5.32 Å². The fraction of sp³-hybridized carbons (Fsp3) is 0.867. The predicted molar refractivity (Wildman–Crippen MR) is 74.3 cm³/mol. The van der Waals surface area contributed by atoms with Crippen molar-refractivity contribution >= 4 is 11.9 Å². The van der Waals surface area contributed by atoms with Crippen molar-refractivity contribution < 1.29 is 19.4 Å². The van der Waals surface area contributed by atoms with E-state index in [-0.39, 0.29) is 18.1 Å². The maximum Gasteiger partial charge on any atom is 0.311 e. The van der Waals surface area contributed by atoms with Crippen LogP contribution in [0, 0.1) is 5.41 Å². The lowest BCUT2D eigenvalue weighted by atomic mass is 9.85. The van der Waals surface area contributed by atoms with E-state index in [9.17, 15) is 14.7 Å². The Bertz CT molecular complexity index is 365. The first-order valence-corrected chi connectivity index (χ1v) is 7.67. The summed E-state index contributed by atoms with van der Waals surface area (Å²) in [5.41, 5.74) is -0.809. The largest absolute Gasteiger partial charge is 0.481 e. The van der Waals surface area contributed by atoms with Crippen LogP contribution in [0.5, 0.6) is 0 Å². The maximum absolute atomic E-state index is 12.0. The van der Waals surface area contributed by atoms with Crippen molar-refractivity contribution in [2.24, 2.45) is 5.41 Å². The number of hydrogen-bond donors (Lipinski definition) is 2. The highest BCUT2D eigenvalue weighted by atomic mass is 16.5. The summed E-state index contributed by atoms with van der Waals surface area (Å²) in [6.45, 7) is 2.53. The van der Waals surface area contributed by atoms with E-state index >= 15 is 0 Å². The van der Waals surface area contributed by atoms with Gasteiger partial charge in [0.05, 0.1) is 11.5 Å². The number of carbonyl (C=O) groups is 2. The summed E-state index contributed by atoms with van der Waals surface area (Å²) < 4.78 is 5.60. The van der Waals surface area contributed by atoms with Gasteiger partial charge in [0.2, 0.25) is 5.91 Å². The quantitative estimate of drug-likeness (QED) is 0.810. The van der Waals surface area contributed by atoms with Crippen molar-refractivity contribution in [1.82, 2.24) is 5.32 Å². The first kappa shape index (κ1) is 15.3. The summed E-state index contributed by atoms with van der Waals surface area (Å²) in [6, 6.07) is -0.236. The lowest BCUT2D eigenvalue weighted by molar-refractivity contribution is -0.149. The van der Waals surface area contributed by atoms with Crippen molar-refractivity contribution in [2.75, 3.05) is 6.61 Å². The number of ether oxygens (including phenoxy) is 1. The van der Waals surface area contributed by atoms with Gasteiger partial charge in [-0.2, -0.15) is 0 Å². The Morgan fingerprint density at radius 1 is 1.30 bits per heavy atom. The molecule has 1 saturated heterocycles. The van der Waals surface area contributed by atoms with E-state index in [4.69, 9.17) is 4.74 Å². The highest BCUT2D eigenvalue weighted by molar-refractivity contribution is 5.80. The molecule has 1 heterocycles. The van der Waals surface area contributed by atoms with E-state index in [1.54, 1.807) is 6.92 Å². The summed E-state index contributed by atoms with van der Waals surface area (Å²) in [5.74, 6) is -0.852. The molecule has 3 unspecified atom stereocenters. The van der Waals surface area contributed by atoms with Gasteiger partial charge in [-0.1, -0.05) is 6.42 Å². The van der Waals surface area contributed by atoms with Crippen LogP contribution in [0.15, 0.2) is 0 Å². The third kappa shape index (κ3) is 3.51. The zero-order chi connectivity index (χ0) is 14.6. The Balaban J connectivity index is 1.77. The molecule has 0 radical (unpaired) electrons.